The van der Waals surface area contributed by atoms with Gasteiger partial charge in [0.1, 0.15) is 0 Å². The summed E-state index contributed by atoms with van der Waals surface area (Å²) in [7, 11) is 1.83. The first kappa shape index (κ1) is 20.8. The summed E-state index contributed by atoms with van der Waals surface area (Å²) in [5, 5.41) is 7.07. The Hall–Kier alpha value is -3.42. The molecule has 2 amide bonds. The number of nitrogens with zero attached hydrogens (tertiary/aromatic N) is 4. The van der Waals surface area contributed by atoms with Crippen molar-refractivity contribution in [3.63, 3.8) is 0 Å². The van der Waals surface area contributed by atoms with Crippen molar-refractivity contribution < 1.29 is 14.0 Å². The Kier molecular flexibility index (Phi) is 5.88. The van der Waals surface area contributed by atoms with Crippen molar-refractivity contribution in [2.24, 2.45) is 13.0 Å². The maximum Gasteiger partial charge on any atom is 0.229 e. The average molecular weight is 422 g/mol. The number of hydrogen-bond donors (Lipinski definition) is 1. The number of aromatic nitrogens is 3. The molecular weight excluding hydrogens is 394 g/mol. The van der Waals surface area contributed by atoms with E-state index in [1.165, 1.54) is 5.56 Å². The van der Waals surface area contributed by atoms with Gasteiger partial charge in [-0.3, -0.25) is 14.3 Å². The van der Waals surface area contributed by atoms with E-state index in [1.54, 1.807) is 22.0 Å². The maximum atomic E-state index is 12.6. The van der Waals surface area contributed by atoms with Crippen LogP contribution < -0.4 is 5.32 Å². The number of likely N-dealkylation sites (tertiary alicyclic amines) is 1. The van der Waals surface area contributed by atoms with Crippen molar-refractivity contribution in [3.05, 3.63) is 53.8 Å². The second-order valence-electron chi connectivity index (χ2n) is 8.07. The van der Waals surface area contributed by atoms with Crippen LogP contribution in [0.3, 0.4) is 0 Å². The number of amides is 2. The van der Waals surface area contributed by atoms with E-state index in [0.717, 1.165) is 11.3 Å². The van der Waals surface area contributed by atoms with Gasteiger partial charge in [0.25, 0.3) is 0 Å². The van der Waals surface area contributed by atoms with Gasteiger partial charge in [-0.25, -0.2) is 4.98 Å². The molecule has 1 unspecified atom stereocenters. The summed E-state index contributed by atoms with van der Waals surface area (Å²) in [6.45, 7) is 4.96. The molecule has 162 valence electrons. The van der Waals surface area contributed by atoms with E-state index in [2.05, 4.69) is 15.4 Å². The van der Waals surface area contributed by atoms with Crippen molar-refractivity contribution in [2.45, 2.75) is 33.1 Å². The van der Waals surface area contributed by atoms with Crippen LogP contribution in [0.15, 0.2) is 41.1 Å². The Bertz CT molecular complexity index is 1080. The van der Waals surface area contributed by atoms with E-state index in [0.29, 0.717) is 49.7 Å². The fourth-order valence-corrected chi connectivity index (χ4v) is 3.71. The molecule has 0 bridgehead atoms. The SMILES string of the molecule is Cc1ccc(-c2cnc(CCC(=O)N3CCC(C(=O)Nc4cnn(C)c4C)C3)o2)cc1. The molecule has 8 heteroatoms. The predicted molar refractivity (Wildman–Crippen MR) is 116 cm³/mol. The predicted octanol–water partition coefficient (Wildman–Crippen LogP) is 3.11. The topological polar surface area (TPSA) is 93.3 Å². The van der Waals surface area contributed by atoms with E-state index in [-0.39, 0.29) is 17.7 Å². The lowest BCUT2D eigenvalue weighted by molar-refractivity contribution is -0.130. The van der Waals surface area contributed by atoms with E-state index >= 15 is 0 Å². The van der Waals surface area contributed by atoms with Gasteiger partial charge >= 0.3 is 0 Å². The smallest absolute Gasteiger partial charge is 0.229 e. The third-order valence-corrected chi connectivity index (χ3v) is 5.85. The molecule has 0 spiro atoms. The number of benzene rings is 1. The maximum absolute atomic E-state index is 12.6. The van der Waals surface area contributed by atoms with Gasteiger partial charge in [-0.1, -0.05) is 29.8 Å². The molecular formula is C23H27N5O3. The Balaban J connectivity index is 1.27. The molecule has 0 saturated carbocycles. The standard InChI is InChI=1S/C23H27N5O3/c1-15-4-6-17(7-5-15)20-13-24-21(31-20)8-9-22(29)28-11-10-18(14-28)23(30)26-19-12-25-27(3)16(19)2/h4-7,12-13,18H,8-11,14H2,1-3H3,(H,26,30). The zero-order valence-corrected chi connectivity index (χ0v) is 18.1. The first-order valence-corrected chi connectivity index (χ1v) is 10.5. The van der Waals surface area contributed by atoms with Gasteiger partial charge in [0.15, 0.2) is 11.7 Å². The largest absolute Gasteiger partial charge is 0.441 e. The van der Waals surface area contributed by atoms with E-state index in [1.807, 2.05) is 45.2 Å². The van der Waals surface area contributed by atoms with Crippen LogP contribution in [0.4, 0.5) is 5.69 Å². The van der Waals surface area contributed by atoms with E-state index < -0.39 is 0 Å². The molecule has 1 aliphatic heterocycles. The minimum atomic E-state index is -0.210. The summed E-state index contributed by atoms with van der Waals surface area (Å²) in [4.78, 5) is 31.3. The zero-order valence-electron chi connectivity index (χ0n) is 18.1. The highest BCUT2D eigenvalue weighted by molar-refractivity contribution is 5.93. The molecule has 0 radical (unpaired) electrons. The summed E-state index contributed by atoms with van der Waals surface area (Å²) < 4.78 is 7.52. The molecule has 1 atom stereocenters. The van der Waals surface area contributed by atoms with Gasteiger partial charge in [-0.05, 0) is 20.3 Å². The number of oxazole rings is 1. The highest BCUT2D eigenvalue weighted by Gasteiger charge is 2.31. The summed E-state index contributed by atoms with van der Waals surface area (Å²) in [5.74, 6) is 0.985. The third kappa shape index (κ3) is 4.68. The highest BCUT2D eigenvalue weighted by Crippen LogP contribution is 2.23. The van der Waals surface area contributed by atoms with Crippen LogP contribution >= 0.6 is 0 Å². The van der Waals surface area contributed by atoms with E-state index in [9.17, 15) is 9.59 Å². The van der Waals surface area contributed by atoms with Crippen molar-refractivity contribution in [1.82, 2.24) is 19.7 Å². The third-order valence-electron chi connectivity index (χ3n) is 5.85. The number of carbonyl (C=O) groups excluding carboxylic acids is 2. The van der Waals surface area contributed by atoms with Crippen molar-refractivity contribution in [1.29, 1.82) is 0 Å². The van der Waals surface area contributed by atoms with Crippen LogP contribution in [-0.2, 0) is 23.1 Å². The monoisotopic (exact) mass is 421 g/mol. The first-order valence-electron chi connectivity index (χ1n) is 10.5. The average Bonchev–Trinajstić information content (AvgIpc) is 3.50. The van der Waals surface area contributed by atoms with Gasteiger partial charge in [0.05, 0.1) is 29.7 Å². The van der Waals surface area contributed by atoms with Crippen LogP contribution in [0, 0.1) is 19.8 Å². The van der Waals surface area contributed by atoms with Gasteiger partial charge in [0, 0.05) is 38.5 Å². The molecule has 4 rings (SSSR count). The Labute approximate surface area is 181 Å². The number of anilines is 1. The van der Waals surface area contributed by atoms with Gasteiger partial charge in [-0.15, -0.1) is 0 Å². The summed E-state index contributed by atoms with van der Waals surface area (Å²) in [6.07, 6.45) is 4.75. The molecule has 8 nitrogen and oxygen atoms in total. The van der Waals surface area contributed by atoms with Crippen molar-refractivity contribution in [3.8, 4) is 11.3 Å². The fourth-order valence-electron chi connectivity index (χ4n) is 3.71. The number of hydrogen-bond acceptors (Lipinski definition) is 5. The lowest BCUT2D eigenvalue weighted by atomic mass is 10.1. The number of aryl methyl sites for hydroxylation is 3. The lowest BCUT2D eigenvalue weighted by Gasteiger charge is -2.16. The van der Waals surface area contributed by atoms with Crippen LogP contribution in [0.5, 0.6) is 0 Å². The van der Waals surface area contributed by atoms with Gasteiger partial charge in [0.2, 0.25) is 11.8 Å². The molecule has 0 aliphatic carbocycles. The molecule has 1 aromatic carbocycles. The molecule has 31 heavy (non-hydrogen) atoms. The van der Waals surface area contributed by atoms with Gasteiger partial charge in [-0.2, -0.15) is 5.10 Å². The first-order chi connectivity index (χ1) is 14.9. The zero-order chi connectivity index (χ0) is 22.0. The molecule has 2 aromatic heterocycles. The normalized spacial score (nSPS) is 16.0. The second kappa shape index (κ2) is 8.75. The van der Waals surface area contributed by atoms with E-state index in [4.69, 9.17) is 4.42 Å². The Morgan fingerprint density at radius 2 is 1.97 bits per heavy atom. The summed E-state index contributed by atoms with van der Waals surface area (Å²) in [6, 6.07) is 8.04. The fraction of sp³-hybridized carbons (Fsp3) is 0.391. The lowest BCUT2D eigenvalue weighted by Crippen LogP contribution is -2.31. The van der Waals surface area contributed by atoms with Crippen LogP contribution in [0.25, 0.3) is 11.3 Å². The molecule has 1 aliphatic rings. The molecule has 3 aromatic rings. The highest BCUT2D eigenvalue weighted by atomic mass is 16.4. The van der Waals surface area contributed by atoms with Gasteiger partial charge < -0.3 is 14.6 Å². The Morgan fingerprint density at radius 1 is 1.19 bits per heavy atom. The quantitative estimate of drug-likeness (QED) is 0.660. The molecule has 1 saturated heterocycles. The van der Waals surface area contributed by atoms with Crippen LogP contribution in [0.1, 0.15) is 30.0 Å². The van der Waals surface area contributed by atoms with Crippen molar-refractivity contribution in [2.75, 3.05) is 18.4 Å². The number of carbonyl (C=O) groups is 2. The summed E-state index contributed by atoms with van der Waals surface area (Å²) in [5.41, 5.74) is 3.76. The van der Waals surface area contributed by atoms with Crippen molar-refractivity contribution >= 4 is 17.5 Å². The molecule has 1 fully saturated rings. The molecule has 3 heterocycles. The second-order valence-corrected chi connectivity index (χ2v) is 8.07. The number of nitrogens with one attached hydrogen (secondary N) is 1. The minimum Gasteiger partial charge on any atom is -0.441 e. The summed E-state index contributed by atoms with van der Waals surface area (Å²) >= 11 is 0. The van der Waals surface area contributed by atoms with Crippen LogP contribution in [-0.4, -0.2) is 44.6 Å². The Morgan fingerprint density at radius 3 is 2.68 bits per heavy atom. The minimum absolute atomic E-state index is 0.0166. The number of rotatable bonds is 6. The molecule has 1 N–H and O–H groups in total. The van der Waals surface area contributed by atoms with Crippen LogP contribution in [0.2, 0.25) is 0 Å².